The fourth-order valence-corrected chi connectivity index (χ4v) is 2.31. The van der Waals surface area contributed by atoms with E-state index in [1.807, 2.05) is 0 Å². The van der Waals surface area contributed by atoms with Crippen molar-refractivity contribution in [2.75, 3.05) is 31.2 Å². The molecule has 0 aliphatic carbocycles. The van der Waals surface area contributed by atoms with Crippen molar-refractivity contribution < 1.29 is 14.9 Å². The molecular formula is C10H17N3O3S. The highest BCUT2D eigenvalue weighted by molar-refractivity contribution is 6.99. The second-order valence-electron chi connectivity index (χ2n) is 4.09. The predicted molar refractivity (Wildman–Crippen MR) is 64.6 cm³/mol. The van der Waals surface area contributed by atoms with Crippen LogP contribution in [0.5, 0.6) is 5.88 Å². The van der Waals surface area contributed by atoms with Gasteiger partial charge in [-0.25, -0.2) is 0 Å². The minimum atomic E-state index is -0.870. The van der Waals surface area contributed by atoms with Crippen molar-refractivity contribution in [3.8, 4) is 5.88 Å². The maximum absolute atomic E-state index is 9.22. The van der Waals surface area contributed by atoms with Crippen LogP contribution >= 0.6 is 11.7 Å². The lowest BCUT2D eigenvalue weighted by Crippen LogP contribution is -2.30. The van der Waals surface area contributed by atoms with Crippen LogP contribution in [0.2, 0.25) is 0 Å². The molecule has 0 bridgehead atoms. The Morgan fingerprint density at radius 1 is 1.29 bits per heavy atom. The van der Waals surface area contributed by atoms with E-state index in [0.29, 0.717) is 5.88 Å². The zero-order valence-corrected chi connectivity index (χ0v) is 10.4. The summed E-state index contributed by atoms with van der Waals surface area (Å²) in [6.07, 6.45) is 2.71. The Kier molecular flexibility index (Phi) is 4.52. The van der Waals surface area contributed by atoms with Crippen molar-refractivity contribution in [2.24, 2.45) is 0 Å². The molecule has 1 atom stereocenters. The van der Waals surface area contributed by atoms with Crippen LogP contribution in [0.4, 0.5) is 5.82 Å². The molecule has 2 rings (SSSR count). The van der Waals surface area contributed by atoms with E-state index in [2.05, 4.69) is 13.6 Å². The van der Waals surface area contributed by atoms with Crippen LogP contribution in [0.3, 0.4) is 0 Å². The molecular weight excluding hydrogens is 242 g/mol. The van der Waals surface area contributed by atoms with Crippen LogP contribution in [0.1, 0.15) is 19.3 Å². The number of ether oxygens (including phenoxy) is 1. The Hall–Kier alpha value is -0.920. The van der Waals surface area contributed by atoms with Gasteiger partial charge in [0, 0.05) is 13.1 Å². The lowest BCUT2D eigenvalue weighted by molar-refractivity contribution is 0.0525. The monoisotopic (exact) mass is 259 g/mol. The van der Waals surface area contributed by atoms with Gasteiger partial charge in [-0.05, 0) is 19.3 Å². The summed E-state index contributed by atoms with van der Waals surface area (Å²) in [5.74, 6) is 1.23. The van der Waals surface area contributed by atoms with E-state index in [0.717, 1.165) is 43.5 Å². The van der Waals surface area contributed by atoms with Crippen LogP contribution < -0.4 is 9.64 Å². The Morgan fingerprint density at radius 2 is 2.06 bits per heavy atom. The van der Waals surface area contributed by atoms with E-state index >= 15 is 0 Å². The lowest BCUT2D eigenvalue weighted by atomic mass is 10.1. The number of rotatable bonds is 5. The van der Waals surface area contributed by atoms with Gasteiger partial charge in [0.15, 0.2) is 0 Å². The summed E-state index contributed by atoms with van der Waals surface area (Å²) in [7, 11) is 0. The van der Waals surface area contributed by atoms with Gasteiger partial charge in [-0.2, -0.15) is 4.37 Å². The van der Waals surface area contributed by atoms with E-state index in [-0.39, 0.29) is 13.2 Å². The molecule has 7 heteroatoms. The van der Waals surface area contributed by atoms with Gasteiger partial charge in [0.25, 0.3) is 5.88 Å². The molecule has 1 aliphatic rings. The molecule has 1 saturated heterocycles. The molecule has 6 nitrogen and oxygen atoms in total. The van der Waals surface area contributed by atoms with Crippen molar-refractivity contribution in [1.82, 2.24) is 8.75 Å². The average Bonchev–Trinajstić information content (AvgIpc) is 2.85. The molecule has 96 valence electrons. The van der Waals surface area contributed by atoms with Crippen LogP contribution in [0.15, 0.2) is 0 Å². The molecule has 1 fully saturated rings. The van der Waals surface area contributed by atoms with E-state index in [9.17, 15) is 5.11 Å². The van der Waals surface area contributed by atoms with Gasteiger partial charge in [0.05, 0.1) is 18.3 Å². The second-order valence-corrected chi connectivity index (χ2v) is 4.62. The number of aromatic nitrogens is 2. The van der Waals surface area contributed by atoms with Gasteiger partial charge in [-0.15, -0.1) is 4.37 Å². The van der Waals surface area contributed by atoms with Crippen molar-refractivity contribution in [3.05, 3.63) is 0 Å². The maximum atomic E-state index is 9.22. The molecule has 2 N–H and O–H groups in total. The second kappa shape index (κ2) is 6.13. The number of piperidine rings is 1. The minimum Gasteiger partial charge on any atom is -0.472 e. The SMILES string of the molecule is OCC(O)COc1nsnc1N1CCCCC1. The third-order valence-corrected chi connectivity index (χ3v) is 3.22. The molecule has 1 aliphatic heterocycles. The maximum Gasteiger partial charge on any atom is 0.270 e. The molecule has 1 unspecified atom stereocenters. The number of hydrogen-bond acceptors (Lipinski definition) is 7. The Balaban J connectivity index is 1.95. The smallest absolute Gasteiger partial charge is 0.270 e. The van der Waals surface area contributed by atoms with Crippen LogP contribution in [-0.2, 0) is 0 Å². The van der Waals surface area contributed by atoms with E-state index < -0.39 is 6.10 Å². The van der Waals surface area contributed by atoms with Crippen molar-refractivity contribution >= 4 is 17.5 Å². The first-order valence-corrected chi connectivity index (χ1v) is 6.53. The summed E-state index contributed by atoms with van der Waals surface area (Å²) in [5, 5.41) is 17.9. The normalized spacial score (nSPS) is 18.1. The quantitative estimate of drug-likeness (QED) is 0.789. The van der Waals surface area contributed by atoms with Gasteiger partial charge in [0.1, 0.15) is 12.7 Å². The standard InChI is InChI=1S/C10H17N3O3S/c14-6-8(15)7-16-10-9(11-17-12-10)13-4-2-1-3-5-13/h8,14-15H,1-7H2. The van der Waals surface area contributed by atoms with E-state index in [1.54, 1.807) is 0 Å². The molecule has 1 aromatic rings. The first-order chi connectivity index (χ1) is 8.31. The lowest BCUT2D eigenvalue weighted by Gasteiger charge is -2.26. The van der Waals surface area contributed by atoms with Gasteiger partial charge in [-0.3, -0.25) is 0 Å². The highest BCUT2D eigenvalue weighted by Crippen LogP contribution is 2.28. The Labute approximate surface area is 104 Å². The Morgan fingerprint density at radius 3 is 2.76 bits per heavy atom. The fourth-order valence-electron chi connectivity index (χ4n) is 1.79. The summed E-state index contributed by atoms with van der Waals surface area (Å²) in [5.41, 5.74) is 0. The van der Waals surface area contributed by atoms with Crippen LogP contribution in [0, 0.1) is 0 Å². The molecule has 0 aromatic carbocycles. The topological polar surface area (TPSA) is 78.7 Å². The molecule has 0 saturated carbocycles. The molecule has 0 amide bonds. The molecule has 2 heterocycles. The molecule has 1 aromatic heterocycles. The van der Waals surface area contributed by atoms with Gasteiger partial charge in [-0.1, -0.05) is 0 Å². The summed E-state index contributed by atoms with van der Waals surface area (Å²) < 4.78 is 13.7. The number of nitrogens with zero attached hydrogens (tertiary/aromatic N) is 3. The van der Waals surface area contributed by atoms with E-state index in [4.69, 9.17) is 9.84 Å². The van der Waals surface area contributed by atoms with Gasteiger partial charge in [0.2, 0.25) is 5.82 Å². The highest BCUT2D eigenvalue weighted by Gasteiger charge is 2.19. The summed E-state index contributed by atoms with van der Waals surface area (Å²) >= 11 is 1.11. The number of anilines is 1. The first kappa shape index (κ1) is 12.5. The minimum absolute atomic E-state index is 0.0444. The fraction of sp³-hybridized carbons (Fsp3) is 0.800. The summed E-state index contributed by atoms with van der Waals surface area (Å²) in [4.78, 5) is 2.16. The van der Waals surface area contributed by atoms with E-state index in [1.165, 1.54) is 6.42 Å². The zero-order chi connectivity index (χ0) is 12.1. The number of aliphatic hydroxyl groups excluding tert-OH is 2. The summed E-state index contributed by atoms with van der Waals surface area (Å²) in [6.45, 7) is 1.69. The predicted octanol–water partition coefficient (Wildman–Crippen LogP) is 0.260. The molecule has 0 spiro atoms. The largest absolute Gasteiger partial charge is 0.472 e. The van der Waals surface area contributed by atoms with Crippen LogP contribution in [-0.4, -0.2) is 51.4 Å². The highest BCUT2D eigenvalue weighted by atomic mass is 32.1. The van der Waals surface area contributed by atoms with Crippen molar-refractivity contribution in [3.63, 3.8) is 0 Å². The third-order valence-electron chi connectivity index (χ3n) is 2.72. The van der Waals surface area contributed by atoms with Gasteiger partial charge >= 0.3 is 0 Å². The zero-order valence-electron chi connectivity index (χ0n) is 9.58. The molecule has 17 heavy (non-hydrogen) atoms. The molecule has 0 radical (unpaired) electrons. The average molecular weight is 259 g/mol. The van der Waals surface area contributed by atoms with Crippen molar-refractivity contribution in [2.45, 2.75) is 25.4 Å². The number of aliphatic hydroxyl groups is 2. The van der Waals surface area contributed by atoms with Crippen molar-refractivity contribution in [1.29, 1.82) is 0 Å². The summed E-state index contributed by atoms with van der Waals surface area (Å²) in [6, 6.07) is 0. The van der Waals surface area contributed by atoms with Gasteiger partial charge < -0.3 is 19.8 Å². The third kappa shape index (κ3) is 3.27. The van der Waals surface area contributed by atoms with Crippen LogP contribution in [0.25, 0.3) is 0 Å². The first-order valence-electron chi connectivity index (χ1n) is 5.80. The Bertz CT molecular complexity index is 341. The number of hydrogen-bond donors (Lipinski definition) is 2.